The van der Waals surface area contributed by atoms with Crippen molar-refractivity contribution < 1.29 is 0 Å². The molecule has 3 nitrogen and oxygen atoms in total. The molecule has 3 heteroatoms. The van der Waals surface area contributed by atoms with Crippen molar-refractivity contribution in [2.75, 3.05) is 7.05 Å². The van der Waals surface area contributed by atoms with Crippen LogP contribution in [0.5, 0.6) is 0 Å². The fourth-order valence-electron chi connectivity index (χ4n) is 1.88. The van der Waals surface area contributed by atoms with Crippen molar-refractivity contribution in [2.45, 2.75) is 39.2 Å². The summed E-state index contributed by atoms with van der Waals surface area (Å²) in [6, 6.07) is 2.72. The fourth-order valence-corrected chi connectivity index (χ4v) is 1.88. The van der Waals surface area contributed by atoms with Gasteiger partial charge in [-0.25, -0.2) is 0 Å². The topological polar surface area (TPSA) is 29.9 Å². The summed E-state index contributed by atoms with van der Waals surface area (Å²) in [5.74, 6) is 0.766. The minimum absolute atomic E-state index is 0.617. The molecule has 2 unspecified atom stereocenters. The molecule has 0 spiro atoms. The van der Waals surface area contributed by atoms with Crippen LogP contribution in [0.2, 0.25) is 0 Å². The van der Waals surface area contributed by atoms with E-state index in [2.05, 4.69) is 30.3 Å². The molecule has 0 saturated heterocycles. The highest BCUT2D eigenvalue weighted by Gasteiger charge is 2.08. The third kappa shape index (κ3) is 4.04. The number of rotatable bonds is 6. The molecule has 1 rings (SSSR count). The zero-order chi connectivity index (χ0) is 11.3. The molecule has 0 radical (unpaired) electrons. The van der Waals surface area contributed by atoms with Crippen molar-refractivity contribution >= 4 is 0 Å². The van der Waals surface area contributed by atoms with E-state index >= 15 is 0 Å². The van der Waals surface area contributed by atoms with E-state index in [4.69, 9.17) is 0 Å². The zero-order valence-electron chi connectivity index (χ0n) is 10.3. The molecular weight excluding hydrogens is 186 g/mol. The normalized spacial score (nSPS) is 15.2. The molecule has 0 bridgehead atoms. The van der Waals surface area contributed by atoms with Gasteiger partial charge in [0.1, 0.15) is 0 Å². The van der Waals surface area contributed by atoms with Crippen molar-refractivity contribution in [1.82, 2.24) is 15.1 Å². The van der Waals surface area contributed by atoms with E-state index in [1.54, 1.807) is 0 Å². The van der Waals surface area contributed by atoms with Crippen molar-refractivity contribution in [1.29, 1.82) is 0 Å². The molecule has 0 aromatic carbocycles. The van der Waals surface area contributed by atoms with Crippen LogP contribution in [-0.4, -0.2) is 22.9 Å². The Morgan fingerprint density at radius 3 is 2.73 bits per heavy atom. The average Bonchev–Trinajstić information content (AvgIpc) is 2.61. The molecule has 1 aromatic heterocycles. The average molecular weight is 209 g/mol. The third-order valence-corrected chi connectivity index (χ3v) is 3.06. The second-order valence-corrected chi connectivity index (χ2v) is 4.52. The molecule has 86 valence electrons. The quantitative estimate of drug-likeness (QED) is 0.776. The van der Waals surface area contributed by atoms with Crippen LogP contribution >= 0.6 is 0 Å². The van der Waals surface area contributed by atoms with Gasteiger partial charge in [0, 0.05) is 25.0 Å². The first kappa shape index (κ1) is 12.2. The molecule has 1 N–H and O–H groups in total. The Balaban J connectivity index is 2.28. The number of hydrogen-bond acceptors (Lipinski definition) is 2. The number of hydrogen-bond donors (Lipinski definition) is 1. The molecular formula is C12H23N3. The molecule has 0 aliphatic rings. The Labute approximate surface area is 92.9 Å². The summed E-state index contributed by atoms with van der Waals surface area (Å²) in [7, 11) is 4.04. The second kappa shape index (κ2) is 5.91. The Bertz CT molecular complexity index is 280. The molecule has 2 atom stereocenters. The Morgan fingerprint density at radius 2 is 2.20 bits per heavy atom. The van der Waals surface area contributed by atoms with Gasteiger partial charge in [-0.3, -0.25) is 4.68 Å². The molecule has 1 aromatic rings. The van der Waals surface area contributed by atoms with Crippen LogP contribution in [0.15, 0.2) is 12.3 Å². The lowest BCUT2D eigenvalue weighted by Gasteiger charge is -2.16. The first-order valence-corrected chi connectivity index (χ1v) is 5.77. The van der Waals surface area contributed by atoms with Gasteiger partial charge in [-0.05, 0) is 45.2 Å². The summed E-state index contributed by atoms with van der Waals surface area (Å²) in [4.78, 5) is 0. The van der Waals surface area contributed by atoms with E-state index in [0.29, 0.717) is 6.04 Å². The van der Waals surface area contributed by atoms with E-state index in [1.165, 1.54) is 18.5 Å². The lowest BCUT2D eigenvalue weighted by molar-refractivity contribution is 0.416. The number of aromatic nitrogens is 2. The maximum Gasteiger partial charge on any atom is 0.0492 e. The molecule has 0 aliphatic carbocycles. The van der Waals surface area contributed by atoms with Gasteiger partial charge in [-0.15, -0.1) is 0 Å². The van der Waals surface area contributed by atoms with Gasteiger partial charge in [-0.1, -0.05) is 6.92 Å². The van der Waals surface area contributed by atoms with Crippen LogP contribution in [0.4, 0.5) is 0 Å². The van der Waals surface area contributed by atoms with E-state index in [1.807, 2.05) is 25.0 Å². The summed E-state index contributed by atoms with van der Waals surface area (Å²) < 4.78 is 1.97. The molecule has 15 heavy (non-hydrogen) atoms. The van der Waals surface area contributed by atoms with Crippen molar-refractivity contribution in [3.05, 3.63) is 18.0 Å². The van der Waals surface area contributed by atoms with Gasteiger partial charge in [0.15, 0.2) is 0 Å². The van der Waals surface area contributed by atoms with Gasteiger partial charge in [0.2, 0.25) is 0 Å². The minimum atomic E-state index is 0.617. The summed E-state index contributed by atoms with van der Waals surface area (Å²) in [5.41, 5.74) is 1.33. The van der Waals surface area contributed by atoms with Crippen LogP contribution in [0, 0.1) is 5.92 Å². The first-order chi connectivity index (χ1) is 7.13. The van der Waals surface area contributed by atoms with Gasteiger partial charge in [0.25, 0.3) is 0 Å². The summed E-state index contributed by atoms with van der Waals surface area (Å²) in [6.45, 7) is 4.56. The fraction of sp³-hybridized carbons (Fsp3) is 0.750. The van der Waals surface area contributed by atoms with Gasteiger partial charge in [0.05, 0.1) is 0 Å². The Morgan fingerprint density at radius 1 is 1.47 bits per heavy atom. The highest BCUT2D eigenvalue weighted by Crippen LogP contribution is 2.13. The number of aryl methyl sites for hydroxylation is 2. The molecule has 0 amide bonds. The van der Waals surface area contributed by atoms with Crippen LogP contribution < -0.4 is 5.32 Å². The van der Waals surface area contributed by atoms with Gasteiger partial charge < -0.3 is 5.32 Å². The monoisotopic (exact) mass is 209 g/mol. The van der Waals surface area contributed by atoms with Crippen LogP contribution in [0.25, 0.3) is 0 Å². The van der Waals surface area contributed by atoms with Crippen LogP contribution in [0.3, 0.4) is 0 Å². The Hall–Kier alpha value is -0.830. The lowest BCUT2D eigenvalue weighted by Crippen LogP contribution is -2.23. The maximum atomic E-state index is 4.18. The number of nitrogens with zero attached hydrogens (tertiary/aromatic N) is 2. The van der Waals surface area contributed by atoms with E-state index in [0.717, 1.165) is 12.3 Å². The number of nitrogens with one attached hydrogen (secondary N) is 1. The van der Waals surface area contributed by atoms with Crippen molar-refractivity contribution in [2.24, 2.45) is 13.0 Å². The van der Waals surface area contributed by atoms with Crippen molar-refractivity contribution in [3.8, 4) is 0 Å². The highest BCUT2D eigenvalue weighted by molar-refractivity contribution is 4.99. The standard InChI is InChI=1S/C12H23N3/c1-10(9-11(2)13-3)5-6-12-7-8-14-15(12)4/h7-8,10-11,13H,5-6,9H2,1-4H3. The van der Waals surface area contributed by atoms with E-state index in [9.17, 15) is 0 Å². The molecule has 0 saturated carbocycles. The second-order valence-electron chi connectivity index (χ2n) is 4.52. The minimum Gasteiger partial charge on any atom is -0.317 e. The Kier molecular flexibility index (Phi) is 4.82. The predicted molar refractivity (Wildman–Crippen MR) is 63.8 cm³/mol. The molecule has 0 fully saturated rings. The first-order valence-electron chi connectivity index (χ1n) is 5.77. The summed E-state index contributed by atoms with van der Waals surface area (Å²) in [6.07, 6.45) is 5.49. The smallest absolute Gasteiger partial charge is 0.0492 e. The largest absolute Gasteiger partial charge is 0.317 e. The predicted octanol–water partition coefficient (Wildman–Crippen LogP) is 1.99. The van der Waals surface area contributed by atoms with Crippen molar-refractivity contribution in [3.63, 3.8) is 0 Å². The lowest BCUT2D eigenvalue weighted by atomic mass is 9.97. The summed E-state index contributed by atoms with van der Waals surface area (Å²) >= 11 is 0. The molecule has 0 aliphatic heterocycles. The third-order valence-electron chi connectivity index (χ3n) is 3.06. The SMILES string of the molecule is CNC(C)CC(C)CCc1ccnn1C. The maximum absolute atomic E-state index is 4.18. The van der Waals surface area contributed by atoms with E-state index < -0.39 is 0 Å². The van der Waals surface area contributed by atoms with Crippen LogP contribution in [0.1, 0.15) is 32.4 Å². The zero-order valence-corrected chi connectivity index (χ0v) is 10.3. The van der Waals surface area contributed by atoms with Gasteiger partial charge >= 0.3 is 0 Å². The highest BCUT2D eigenvalue weighted by atomic mass is 15.2. The molecule has 1 heterocycles. The van der Waals surface area contributed by atoms with E-state index in [-0.39, 0.29) is 0 Å². The summed E-state index contributed by atoms with van der Waals surface area (Å²) in [5, 5.41) is 7.46. The van der Waals surface area contributed by atoms with Crippen LogP contribution in [-0.2, 0) is 13.5 Å². The van der Waals surface area contributed by atoms with Gasteiger partial charge in [-0.2, -0.15) is 5.10 Å².